The van der Waals surface area contributed by atoms with Crippen molar-refractivity contribution >= 4 is 58.8 Å². The summed E-state index contributed by atoms with van der Waals surface area (Å²) in [5, 5.41) is 4.43. The van der Waals surface area contributed by atoms with E-state index in [2.05, 4.69) is 44.7 Å². The Hall–Kier alpha value is 0.260. The second kappa shape index (κ2) is 10.3. The molecule has 0 spiro atoms. The summed E-state index contributed by atoms with van der Waals surface area (Å²) in [5.41, 5.74) is 0. The molecule has 0 aliphatic heterocycles. The van der Waals surface area contributed by atoms with Crippen molar-refractivity contribution in [2.75, 3.05) is 11.8 Å². The van der Waals surface area contributed by atoms with Crippen LogP contribution in [0.25, 0.3) is 0 Å². The van der Waals surface area contributed by atoms with Crippen LogP contribution in [0.1, 0.15) is 0 Å². The van der Waals surface area contributed by atoms with Gasteiger partial charge in [-0.05, 0) is 24.4 Å². The molecule has 0 N–H and O–H groups in total. The molecule has 0 rings (SSSR count). The molecule has 0 aromatic carbocycles. The van der Waals surface area contributed by atoms with E-state index in [-0.39, 0.29) is 0 Å². The minimum Gasteiger partial charge on any atom is -0.243 e. The lowest BCUT2D eigenvalue weighted by atomic mass is 11.4. The lowest BCUT2D eigenvalue weighted by Crippen LogP contribution is -1.72. The first kappa shape index (κ1) is 11.3. The number of isothiocyanates is 2. The van der Waals surface area contributed by atoms with E-state index in [0.29, 0.717) is 11.8 Å². The molecule has 0 heterocycles. The predicted molar refractivity (Wildman–Crippen MR) is 56.1 cm³/mol. The predicted octanol–water partition coefficient (Wildman–Crippen LogP) is 2.42. The third kappa shape index (κ3) is 10.3. The Morgan fingerprint density at radius 2 is 1.55 bits per heavy atom. The standard InChI is InChI=1S/C4H4N2OS4/c8-1-5-3-10-7-11-4-6-2-9/h3-4H2. The Morgan fingerprint density at radius 3 is 1.91 bits per heavy atom. The van der Waals surface area contributed by atoms with Crippen LogP contribution in [-0.2, 0) is 3.63 Å². The Morgan fingerprint density at radius 1 is 1.09 bits per heavy atom. The molecule has 11 heavy (non-hydrogen) atoms. The molecule has 3 nitrogen and oxygen atoms in total. The van der Waals surface area contributed by atoms with Crippen molar-refractivity contribution in [3.8, 4) is 0 Å². The van der Waals surface area contributed by atoms with Gasteiger partial charge in [-0.1, -0.05) is 0 Å². The Balaban J connectivity index is 3.02. The fraction of sp³-hybridized carbons (Fsp3) is 0.500. The van der Waals surface area contributed by atoms with E-state index >= 15 is 0 Å². The first-order valence-corrected chi connectivity index (χ1v) is 5.04. The van der Waals surface area contributed by atoms with Crippen molar-refractivity contribution in [2.45, 2.75) is 0 Å². The quantitative estimate of drug-likeness (QED) is 0.299. The smallest absolute Gasteiger partial charge is 0.122 e. The van der Waals surface area contributed by atoms with Crippen molar-refractivity contribution in [1.29, 1.82) is 0 Å². The van der Waals surface area contributed by atoms with Gasteiger partial charge in [0.15, 0.2) is 0 Å². The fourth-order valence-electron chi connectivity index (χ4n) is 0.182. The van der Waals surface area contributed by atoms with Gasteiger partial charge in [0.1, 0.15) is 11.8 Å². The van der Waals surface area contributed by atoms with Crippen LogP contribution in [0.3, 0.4) is 0 Å². The summed E-state index contributed by atoms with van der Waals surface area (Å²) < 4.78 is 4.91. The molecule has 0 aromatic heterocycles. The molecule has 0 fully saturated rings. The number of thiocarbonyl (C=S) groups is 2. The van der Waals surface area contributed by atoms with Gasteiger partial charge in [-0.25, -0.2) is 13.6 Å². The molecule has 0 aliphatic carbocycles. The third-order valence-corrected chi connectivity index (χ3v) is 1.96. The third-order valence-electron chi connectivity index (χ3n) is 0.460. The van der Waals surface area contributed by atoms with Crippen LogP contribution in [0.5, 0.6) is 0 Å². The van der Waals surface area contributed by atoms with Crippen LogP contribution in [-0.4, -0.2) is 22.1 Å². The van der Waals surface area contributed by atoms with Gasteiger partial charge in [-0.3, -0.25) is 0 Å². The fourth-order valence-corrected chi connectivity index (χ4v) is 1.33. The van der Waals surface area contributed by atoms with E-state index in [1.54, 1.807) is 0 Å². The zero-order valence-corrected chi connectivity index (χ0v) is 8.62. The summed E-state index contributed by atoms with van der Waals surface area (Å²) in [6.45, 7) is 0. The maximum Gasteiger partial charge on any atom is 0.122 e. The zero-order chi connectivity index (χ0) is 8.36. The number of nitrogens with zero attached hydrogens (tertiary/aromatic N) is 2. The summed E-state index contributed by atoms with van der Waals surface area (Å²) in [6.07, 6.45) is 0. The maximum absolute atomic E-state index is 4.91. The highest BCUT2D eigenvalue weighted by Gasteiger charge is 1.86. The van der Waals surface area contributed by atoms with E-state index in [0.717, 1.165) is 0 Å². The van der Waals surface area contributed by atoms with Crippen LogP contribution < -0.4 is 0 Å². The molecule has 7 heteroatoms. The van der Waals surface area contributed by atoms with E-state index in [9.17, 15) is 0 Å². The first-order chi connectivity index (χ1) is 5.41. The van der Waals surface area contributed by atoms with Gasteiger partial charge in [0, 0.05) is 24.1 Å². The van der Waals surface area contributed by atoms with Crippen LogP contribution in [0, 0.1) is 0 Å². The van der Waals surface area contributed by atoms with Gasteiger partial charge in [-0.2, -0.15) is 0 Å². The molecule has 0 aromatic rings. The highest BCUT2D eigenvalue weighted by molar-refractivity contribution is 8.07. The molecular formula is C4H4N2OS4. The summed E-state index contributed by atoms with van der Waals surface area (Å²) >= 11 is 11.0. The van der Waals surface area contributed by atoms with Crippen molar-refractivity contribution in [1.82, 2.24) is 0 Å². The van der Waals surface area contributed by atoms with E-state index < -0.39 is 0 Å². The average Bonchev–Trinajstić information content (AvgIpc) is 2.03. The second-order valence-corrected chi connectivity index (χ2v) is 2.96. The molecule has 0 saturated carbocycles. The van der Waals surface area contributed by atoms with Gasteiger partial charge in [-0.15, -0.1) is 0 Å². The van der Waals surface area contributed by atoms with Crippen molar-refractivity contribution in [3.05, 3.63) is 0 Å². The summed E-state index contributed by atoms with van der Waals surface area (Å²) in [7, 11) is 0. The summed E-state index contributed by atoms with van der Waals surface area (Å²) in [5.74, 6) is 0.912. The van der Waals surface area contributed by atoms with Gasteiger partial charge in [0.2, 0.25) is 0 Å². The van der Waals surface area contributed by atoms with Gasteiger partial charge < -0.3 is 0 Å². The number of hydrogen-bond donors (Lipinski definition) is 0. The van der Waals surface area contributed by atoms with Crippen molar-refractivity contribution in [3.63, 3.8) is 0 Å². The Labute approximate surface area is 84.1 Å². The lowest BCUT2D eigenvalue weighted by Gasteiger charge is -1.92. The van der Waals surface area contributed by atoms with Crippen LogP contribution in [0.15, 0.2) is 9.98 Å². The summed E-state index contributed by atoms with van der Waals surface area (Å²) in [4.78, 5) is 7.22. The van der Waals surface area contributed by atoms with Gasteiger partial charge in [0.05, 0.1) is 10.3 Å². The first-order valence-electron chi connectivity index (χ1n) is 2.40. The normalized spacial score (nSPS) is 8.00. The Bertz CT molecular complexity index is 165. The van der Waals surface area contributed by atoms with E-state index in [1.165, 1.54) is 24.1 Å². The van der Waals surface area contributed by atoms with E-state index in [1.807, 2.05) is 0 Å². The van der Waals surface area contributed by atoms with Gasteiger partial charge >= 0.3 is 0 Å². The Kier molecular flexibility index (Phi) is 10.5. The minimum absolute atomic E-state index is 0.456. The topological polar surface area (TPSA) is 34.0 Å². The molecular weight excluding hydrogens is 220 g/mol. The van der Waals surface area contributed by atoms with Gasteiger partial charge in [0.25, 0.3) is 0 Å². The maximum atomic E-state index is 4.91. The molecule has 0 aliphatic rings. The van der Waals surface area contributed by atoms with Crippen molar-refractivity contribution < 1.29 is 3.63 Å². The number of rotatable bonds is 6. The number of hydrogen-bond acceptors (Lipinski definition) is 7. The molecule has 0 radical (unpaired) electrons. The van der Waals surface area contributed by atoms with E-state index in [4.69, 9.17) is 3.63 Å². The molecule has 0 unspecified atom stereocenters. The lowest BCUT2D eigenvalue weighted by molar-refractivity contribution is 0.757. The molecule has 0 saturated heterocycles. The monoisotopic (exact) mass is 224 g/mol. The molecule has 0 amide bonds. The highest BCUT2D eigenvalue weighted by Crippen LogP contribution is 2.13. The van der Waals surface area contributed by atoms with Crippen LogP contribution in [0.4, 0.5) is 0 Å². The SMILES string of the molecule is S=C=NCSOSCN=C=S. The van der Waals surface area contributed by atoms with Crippen LogP contribution in [0.2, 0.25) is 0 Å². The zero-order valence-electron chi connectivity index (χ0n) is 5.35. The van der Waals surface area contributed by atoms with Crippen molar-refractivity contribution in [2.24, 2.45) is 9.98 Å². The largest absolute Gasteiger partial charge is 0.243 e. The number of aliphatic imine (C=N–C) groups is 2. The van der Waals surface area contributed by atoms with Crippen LogP contribution >= 0.6 is 48.5 Å². The average molecular weight is 224 g/mol. The molecule has 0 atom stereocenters. The minimum atomic E-state index is 0.456. The second-order valence-electron chi connectivity index (χ2n) is 1.06. The highest BCUT2D eigenvalue weighted by atomic mass is 32.2. The molecule has 0 bridgehead atoms. The molecule has 60 valence electrons. The summed E-state index contributed by atoms with van der Waals surface area (Å²) in [6, 6.07) is 0.